The summed E-state index contributed by atoms with van der Waals surface area (Å²) in [6.07, 6.45) is 0. The van der Waals surface area contributed by atoms with Crippen molar-refractivity contribution in [3.05, 3.63) is 29.6 Å². The number of anilines is 1. The molecule has 0 aromatic heterocycles. The highest BCUT2D eigenvalue weighted by Crippen LogP contribution is 2.17. The van der Waals surface area contributed by atoms with Crippen LogP contribution in [0.1, 0.15) is 10.4 Å². The molecule has 0 aliphatic heterocycles. The average Bonchev–Trinajstić information content (AvgIpc) is 2.37. The lowest BCUT2D eigenvalue weighted by Crippen LogP contribution is -2.36. The SMILES string of the molecule is CN(C)CCN(C)C(=O)Nc1ccc(F)cc1C(=O)O. The van der Waals surface area contributed by atoms with Crippen molar-refractivity contribution in [1.29, 1.82) is 0 Å². The van der Waals surface area contributed by atoms with Crippen molar-refractivity contribution in [3.8, 4) is 0 Å². The molecule has 1 aromatic carbocycles. The molecule has 2 amide bonds. The summed E-state index contributed by atoms with van der Waals surface area (Å²) in [6.45, 7) is 1.17. The number of nitrogens with one attached hydrogen (secondary N) is 1. The van der Waals surface area contributed by atoms with Crippen LogP contribution in [-0.2, 0) is 0 Å². The normalized spacial score (nSPS) is 10.4. The van der Waals surface area contributed by atoms with E-state index in [9.17, 15) is 14.0 Å². The number of likely N-dealkylation sites (N-methyl/N-ethyl adjacent to an activating group) is 2. The predicted octanol–water partition coefficient (Wildman–Crippen LogP) is 1.55. The summed E-state index contributed by atoms with van der Waals surface area (Å²) in [5.41, 5.74) is -0.208. The number of amides is 2. The largest absolute Gasteiger partial charge is 0.478 e. The fraction of sp³-hybridized carbons (Fsp3) is 0.385. The summed E-state index contributed by atoms with van der Waals surface area (Å²) in [7, 11) is 5.37. The maximum absolute atomic E-state index is 13.0. The quantitative estimate of drug-likeness (QED) is 0.860. The van der Waals surface area contributed by atoms with Gasteiger partial charge < -0.3 is 20.2 Å². The van der Waals surface area contributed by atoms with Gasteiger partial charge in [-0.05, 0) is 32.3 Å². The van der Waals surface area contributed by atoms with E-state index in [1.54, 1.807) is 7.05 Å². The molecule has 0 radical (unpaired) electrons. The molecule has 0 saturated heterocycles. The van der Waals surface area contributed by atoms with Crippen LogP contribution in [-0.4, -0.2) is 61.1 Å². The van der Waals surface area contributed by atoms with Crippen LogP contribution in [0, 0.1) is 5.82 Å². The first-order valence-corrected chi connectivity index (χ1v) is 6.01. The molecule has 0 aliphatic carbocycles. The van der Waals surface area contributed by atoms with Crippen LogP contribution < -0.4 is 5.32 Å². The maximum Gasteiger partial charge on any atom is 0.337 e. The van der Waals surface area contributed by atoms with E-state index in [1.807, 2.05) is 19.0 Å². The van der Waals surface area contributed by atoms with E-state index in [0.717, 1.165) is 12.1 Å². The molecule has 7 heteroatoms. The number of hydrogen-bond acceptors (Lipinski definition) is 3. The predicted molar refractivity (Wildman–Crippen MR) is 73.6 cm³/mol. The van der Waals surface area contributed by atoms with Crippen molar-refractivity contribution in [3.63, 3.8) is 0 Å². The van der Waals surface area contributed by atoms with Crippen LogP contribution in [0.3, 0.4) is 0 Å². The molecule has 1 aromatic rings. The number of carbonyl (C=O) groups excluding carboxylic acids is 1. The third-order valence-corrected chi connectivity index (χ3v) is 2.68. The summed E-state index contributed by atoms with van der Waals surface area (Å²) in [6, 6.07) is 2.76. The Balaban J connectivity index is 2.77. The highest BCUT2D eigenvalue weighted by Gasteiger charge is 2.15. The van der Waals surface area contributed by atoms with Gasteiger partial charge in [-0.15, -0.1) is 0 Å². The molecule has 0 saturated carbocycles. The number of carbonyl (C=O) groups is 2. The summed E-state index contributed by atoms with van der Waals surface area (Å²) < 4.78 is 13.0. The molecule has 2 N–H and O–H groups in total. The van der Waals surface area contributed by atoms with E-state index in [4.69, 9.17) is 5.11 Å². The molecule has 6 nitrogen and oxygen atoms in total. The molecule has 0 aliphatic rings. The second-order valence-electron chi connectivity index (χ2n) is 4.65. The Morgan fingerprint density at radius 1 is 1.25 bits per heavy atom. The first-order valence-electron chi connectivity index (χ1n) is 6.01. The zero-order valence-electron chi connectivity index (χ0n) is 11.7. The van der Waals surface area contributed by atoms with Gasteiger partial charge in [0.15, 0.2) is 0 Å². The Bertz CT molecular complexity index is 506. The Labute approximate surface area is 116 Å². The van der Waals surface area contributed by atoms with Gasteiger partial charge in [0.05, 0.1) is 11.3 Å². The van der Waals surface area contributed by atoms with Crippen molar-refractivity contribution in [2.45, 2.75) is 0 Å². The smallest absolute Gasteiger partial charge is 0.337 e. The number of aromatic carboxylic acids is 1. The van der Waals surface area contributed by atoms with Crippen molar-refractivity contribution >= 4 is 17.7 Å². The van der Waals surface area contributed by atoms with E-state index >= 15 is 0 Å². The summed E-state index contributed by atoms with van der Waals surface area (Å²) in [4.78, 5) is 26.2. The summed E-state index contributed by atoms with van der Waals surface area (Å²) in [5.74, 6) is -1.96. The lowest BCUT2D eigenvalue weighted by Gasteiger charge is -2.20. The fourth-order valence-corrected chi connectivity index (χ4v) is 1.46. The average molecular weight is 283 g/mol. The number of benzene rings is 1. The van der Waals surface area contributed by atoms with E-state index in [0.29, 0.717) is 13.1 Å². The molecule has 0 atom stereocenters. The van der Waals surface area contributed by atoms with Crippen LogP contribution in [0.2, 0.25) is 0 Å². The summed E-state index contributed by atoms with van der Waals surface area (Å²) in [5, 5.41) is 11.4. The fourth-order valence-electron chi connectivity index (χ4n) is 1.46. The van der Waals surface area contributed by atoms with E-state index in [1.165, 1.54) is 11.0 Å². The standard InChI is InChI=1S/C13H18FN3O3/c1-16(2)6-7-17(3)13(20)15-11-5-4-9(14)8-10(11)12(18)19/h4-5,8H,6-7H2,1-3H3,(H,15,20)(H,18,19). The molecule has 1 rings (SSSR count). The third kappa shape index (κ3) is 4.51. The first kappa shape index (κ1) is 15.9. The third-order valence-electron chi connectivity index (χ3n) is 2.68. The molecular formula is C13H18FN3O3. The van der Waals surface area contributed by atoms with Gasteiger partial charge in [0.2, 0.25) is 0 Å². The van der Waals surface area contributed by atoms with E-state index in [-0.39, 0.29) is 11.3 Å². The van der Waals surface area contributed by atoms with Gasteiger partial charge in [0.1, 0.15) is 5.82 Å². The molecule has 20 heavy (non-hydrogen) atoms. The Hall–Kier alpha value is -2.15. The van der Waals surface area contributed by atoms with Crippen LogP contribution in [0.25, 0.3) is 0 Å². The van der Waals surface area contributed by atoms with Crippen LogP contribution >= 0.6 is 0 Å². The van der Waals surface area contributed by atoms with E-state index < -0.39 is 17.8 Å². The molecule has 0 spiro atoms. The Morgan fingerprint density at radius 2 is 1.90 bits per heavy atom. The zero-order chi connectivity index (χ0) is 15.3. The van der Waals surface area contributed by atoms with Crippen molar-refractivity contribution in [2.24, 2.45) is 0 Å². The second kappa shape index (κ2) is 6.85. The van der Waals surface area contributed by atoms with E-state index in [2.05, 4.69) is 5.32 Å². The lowest BCUT2D eigenvalue weighted by molar-refractivity contribution is 0.0697. The number of carboxylic acid groups (broad SMARTS) is 1. The molecule has 110 valence electrons. The number of nitrogens with zero attached hydrogens (tertiary/aromatic N) is 2. The number of rotatable bonds is 5. The number of carboxylic acids is 1. The van der Waals surface area contributed by atoms with Gasteiger partial charge in [0.25, 0.3) is 0 Å². The first-order chi connectivity index (χ1) is 9.31. The maximum atomic E-state index is 13.0. The number of halogens is 1. The second-order valence-corrected chi connectivity index (χ2v) is 4.65. The highest BCUT2D eigenvalue weighted by molar-refractivity contribution is 5.99. The van der Waals surface area contributed by atoms with Gasteiger partial charge in [-0.3, -0.25) is 0 Å². The molecule has 0 unspecified atom stereocenters. The molecule has 0 fully saturated rings. The molecule has 0 bridgehead atoms. The topological polar surface area (TPSA) is 72.9 Å². The van der Waals surface area contributed by atoms with Crippen molar-refractivity contribution < 1.29 is 19.1 Å². The van der Waals surface area contributed by atoms with Gasteiger partial charge in [-0.25, -0.2) is 14.0 Å². The lowest BCUT2D eigenvalue weighted by atomic mass is 10.1. The Kier molecular flexibility index (Phi) is 5.45. The minimum absolute atomic E-state index is 0.0700. The van der Waals surface area contributed by atoms with Gasteiger partial charge in [-0.2, -0.15) is 0 Å². The van der Waals surface area contributed by atoms with Crippen molar-refractivity contribution in [1.82, 2.24) is 9.80 Å². The van der Waals surface area contributed by atoms with Gasteiger partial charge >= 0.3 is 12.0 Å². The van der Waals surface area contributed by atoms with Gasteiger partial charge in [0, 0.05) is 20.1 Å². The molecule has 0 heterocycles. The van der Waals surface area contributed by atoms with Crippen molar-refractivity contribution in [2.75, 3.05) is 39.5 Å². The van der Waals surface area contributed by atoms with Crippen LogP contribution in [0.5, 0.6) is 0 Å². The van der Waals surface area contributed by atoms with Crippen LogP contribution in [0.15, 0.2) is 18.2 Å². The minimum Gasteiger partial charge on any atom is -0.478 e. The Morgan fingerprint density at radius 3 is 2.45 bits per heavy atom. The molecular weight excluding hydrogens is 265 g/mol. The summed E-state index contributed by atoms with van der Waals surface area (Å²) >= 11 is 0. The number of urea groups is 1. The number of hydrogen-bond donors (Lipinski definition) is 2. The zero-order valence-corrected chi connectivity index (χ0v) is 11.7. The highest BCUT2D eigenvalue weighted by atomic mass is 19.1. The van der Waals surface area contributed by atoms with Crippen LogP contribution in [0.4, 0.5) is 14.9 Å². The van der Waals surface area contributed by atoms with Gasteiger partial charge in [-0.1, -0.05) is 0 Å². The monoisotopic (exact) mass is 283 g/mol. The minimum atomic E-state index is -1.30.